The Bertz CT molecular complexity index is 907. The van der Waals surface area contributed by atoms with Crippen LogP contribution in [0.15, 0.2) is 53.6 Å². The molecule has 2 aromatic carbocycles. The second-order valence-corrected chi connectivity index (χ2v) is 5.86. The molecule has 0 amide bonds. The zero-order valence-electron chi connectivity index (χ0n) is 13.1. The molecule has 1 N–H and O–H groups in total. The van der Waals surface area contributed by atoms with Gasteiger partial charge >= 0.3 is 6.18 Å². The number of hydrogen-bond donors (Lipinski definition) is 1. The van der Waals surface area contributed by atoms with Crippen LogP contribution in [0.4, 0.5) is 13.2 Å². The van der Waals surface area contributed by atoms with Gasteiger partial charge in [-0.1, -0.05) is 12.1 Å². The number of Topliss-reactive ketones (excluding diaryl/α,β-unsaturated/α-hetero) is 2. The highest BCUT2D eigenvalue weighted by molar-refractivity contribution is 6.26. The summed E-state index contributed by atoms with van der Waals surface area (Å²) < 4.78 is 37.9. The first-order chi connectivity index (χ1) is 11.7. The van der Waals surface area contributed by atoms with Gasteiger partial charge in [0.25, 0.3) is 0 Å². The number of alkyl halides is 3. The summed E-state index contributed by atoms with van der Waals surface area (Å²) in [6.07, 6.45) is -4.38. The molecule has 0 heterocycles. The monoisotopic (exact) mass is 346 g/mol. The number of allylic oxidation sites excluding steroid dienone is 2. The fourth-order valence-corrected chi connectivity index (χ4v) is 2.82. The Labute approximate surface area is 141 Å². The molecule has 0 saturated carbocycles. The molecule has 0 unspecified atom stereocenters. The Hall–Kier alpha value is -2.89. The van der Waals surface area contributed by atoms with Crippen LogP contribution in [0.3, 0.4) is 0 Å². The summed E-state index contributed by atoms with van der Waals surface area (Å²) >= 11 is 0. The zero-order valence-corrected chi connectivity index (χ0v) is 13.1. The predicted molar refractivity (Wildman–Crippen MR) is 84.6 cm³/mol. The largest absolute Gasteiger partial charge is 0.508 e. The van der Waals surface area contributed by atoms with Crippen LogP contribution in [0.5, 0.6) is 5.75 Å². The molecule has 6 heteroatoms. The van der Waals surface area contributed by atoms with Crippen LogP contribution in [0.25, 0.3) is 0 Å². The topological polar surface area (TPSA) is 54.4 Å². The van der Waals surface area contributed by atoms with E-state index < -0.39 is 17.5 Å². The molecule has 3 nitrogen and oxygen atoms in total. The van der Waals surface area contributed by atoms with Gasteiger partial charge in [-0.2, -0.15) is 13.2 Å². The van der Waals surface area contributed by atoms with E-state index in [1.807, 2.05) is 0 Å². The number of rotatable bonds is 2. The van der Waals surface area contributed by atoms with Crippen LogP contribution < -0.4 is 0 Å². The molecular weight excluding hydrogens is 333 g/mol. The number of carbonyl (C=O) groups is 2. The summed E-state index contributed by atoms with van der Waals surface area (Å²) in [7, 11) is 0. The van der Waals surface area contributed by atoms with E-state index in [9.17, 15) is 27.9 Å². The summed E-state index contributed by atoms with van der Waals surface area (Å²) in [5.74, 6) is -0.854. The first-order valence-corrected chi connectivity index (χ1v) is 7.47. The van der Waals surface area contributed by atoms with Gasteiger partial charge in [0.1, 0.15) is 5.75 Å². The van der Waals surface area contributed by atoms with E-state index in [4.69, 9.17) is 0 Å². The minimum Gasteiger partial charge on any atom is -0.508 e. The van der Waals surface area contributed by atoms with Gasteiger partial charge in [-0.15, -0.1) is 0 Å². The lowest BCUT2D eigenvalue weighted by molar-refractivity contribution is -0.137. The summed E-state index contributed by atoms with van der Waals surface area (Å²) in [6.45, 7) is 1.52. The molecule has 0 fully saturated rings. The average Bonchev–Trinajstić information content (AvgIpc) is 2.56. The van der Waals surface area contributed by atoms with E-state index in [0.29, 0.717) is 5.56 Å². The van der Waals surface area contributed by atoms with Crippen LogP contribution in [0.2, 0.25) is 0 Å². The standard InChI is InChI=1S/C19H13F3O3/c1-10-15(8-11-2-4-12(5-3-11)19(20,21)22)18(25)16-9-13(23)6-7-14(16)17(10)24/h2-7,9,23H,8H2,1H3. The summed E-state index contributed by atoms with van der Waals surface area (Å²) in [5, 5.41) is 9.55. The van der Waals surface area contributed by atoms with Crippen LogP contribution in [0, 0.1) is 0 Å². The smallest absolute Gasteiger partial charge is 0.416 e. The molecule has 1 aliphatic rings. The first kappa shape index (κ1) is 17.0. The number of carbonyl (C=O) groups excluding carboxylic acids is 2. The van der Waals surface area contributed by atoms with E-state index >= 15 is 0 Å². The van der Waals surface area contributed by atoms with Crippen molar-refractivity contribution < 1.29 is 27.9 Å². The number of halogens is 3. The highest BCUT2D eigenvalue weighted by atomic mass is 19.4. The van der Waals surface area contributed by atoms with Gasteiger partial charge in [0.15, 0.2) is 11.6 Å². The van der Waals surface area contributed by atoms with Crippen LogP contribution in [-0.4, -0.2) is 16.7 Å². The number of benzene rings is 2. The Morgan fingerprint density at radius 1 is 0.920 bits per heavy atom. The molecule has 1 aliphatic carbocycles. The molecular formula is C19H13F3O3. The number of phenols is 1. The lowest BCUT2D eigenvalue weighted by Crippen LogP contribution is -2.22. The molecule has 0 spiro atoms. The molecule has 0 radical (unpaired) electrons. The van der Waals surface area contributed by atoms with Crippen molar-refractivity contribution >= 4 is 11.6 Å². The quantitative estimate of drug-likeness (QED) is 0.880. The minimum absolute atomic E-state index is 0.0453. The van der Waals surface area contributed by atoms with E-state index in [0.717, 1.165) is 12.1 Å². The van der Waals surface area contributed by atoms with Gasteiger partial charge in [-0.3, -0.25) is 9.59 Å². The Kier molecular flexibility index (Phi) is 3.99. The third-order valence-corrected chi connectivity index (χ3v) is 4.22. The van der Waals surface area contributed by atoms with Gasteiger partial charge in [-0.25, -0.2) is 0 Å². The Balaban J connectivity index is 1.96. The molecule has 0 bridgehead atoms. The van der Waals surface area contributed by atoms with Gasteiger partial charge < -0.3 is 5.11 Å². The van der Waals surface area contributed by atoms with Gasteiger partial charge in [0, 0.05) is 28.7 Å². The van der Waals surface area contributed by atoms with Crippen molar-refractivity contribution in [3.63, 3.8) is 0 Å². The van der Waals surface area contributed by atoms with Gasteiger partial charge in [0.2, 0.25) is 0 Å². The molecule has 0 saturated heterocycles. The first-order valence-electron chi connectivity index (χ1n) is 7.47. The Morgan fingerprint density at radius 2 is 1.56 bits per heavy atom. The second-order valence-electron chi connectivity index (χ2n) is 5.86. The number of hydrogen-bond acceptors (Lipinski definition) is 3. The third-order valence-electron chi connectivity index (χ3n) is 4.22. The minimum atomic E-state index is -4.43. The number of fused-ring (bicyclic) bond motifs is 1. The molecule has 25 heavy (non-hydrogen) atoms. The SMILES string of the molecule is CC1=C(Cc2ccc(C(F)(F)F)cc2)C(=O)c2cc(O)ccc2C1=O. The lowest BCUT2D eigenvalue weighted by atomic mass is 9.82. The highest BCUT2D eigenvalue weighted by Gasteiger charge is 2.31. The van der Waals surface area contributed by atoms with Crippen LogP contribution in [0.1, 0.15) is 38.8 Å². The molecule has 128 valence electrons. The summed E-state index contributed by atoms with van der Waals surface area (Å²) in [6, 6.07) is 8.42. The average molecular weight is 346 g/mol. The van der Waals surface area contributed by atoms with E-state index in [1.54, 1.807) is 0 Å². The normalized spacial score (nSPS) is 14.7. The van der Waals surface area contributed by atoms with Gasteiger partial charge in [-0.05, 0) is 42.8 Å². The van der Waals surface area contributed by atoms with Crippen molar-refractivity contribution in [2.45, 2.75) is 19.5 Å². The van der Waals surface area contributed by atoms with E-state index in [2.05, 4.69) is 0 Å². The van der Waals surface area contributed by atoms with Crippen molar-refractivity contribution in [1.82, 2.24) is 0 Å². The fourth-order valence-electron chi connectivity index (χ4n) is 2.82. The zero-order chi connectivity index (χ0) is 18.4. The van der Waals surface area contributed by atoms with E-state index in [-0.39, 0.29) is 40.2 Å². The maximum atomic E-state index is 12.7. The summed E-state index contributed by atoms with van der Waals surface area (Å²) in [5.41, 5.74) is 0.537. The van der Waals surface area contributed by atoms with Crippen molar-refractivity contribution in [3.05, 3.63) is 75.9 Å². The van der Waals surface area contributed by atoms with Gasteiger partial charge in [0.05, 0.1) is 5.56 Å². The van der Waals surface area contributed by atoms with Crippen LogP contribution in [-0.2, 0) is 12.6 Å². The molecule has 2 aromatic rings. The van der Waals surface area contributed by atoms with Crippen molar-refractivity contribution in [2.75, 3.05) is 0 Å². The number of aromatic hydroxyl groups is 1. The van der Waals surface area contributed by atoms with Crippen molar-refractivity contribution in [1.29, 1.82) is 0 Å². The number of phenolic OH excluding ortho intramolecular Hbond substituents is 1. The summed E-state index contributed by atoms with van der Waals surface area (Å²) in [4.78, 5) is 25.1. The molecule has 0 aliphatic heterocycles. The fraction of sp³-hybridized carbons (Fsp3) is 0.158. The second kappa shape index (κ2) is 5.88. The van der Waals surface area contributed by atoms with Crippen LogP contribution >= 0.6 is 0 Å². The highest BCUT2D eigenvalue weighted by Crippen LogP contribution is 2.32. The molecule has 0 atom stereocenters. The Morgan fingerprint density at radius 3 is 2.16 bits per heavy atom. The predicted octanol–water partition coefficient (Wildman–Crippen LogP) is 4.35. The maximum Gasteiger partial charge on any atom is 0.416 e. The van der Waals surface area contributed by atoms with Crippen molar-refractivity contribution in [2.24, 2.45) is 0 Å². The van der Waals surface area contributed by atoms with Crippen molar-refractivity contribution in [3.8, 4) is 5.75 Å². The lowest BCUT2D eigenvalue weighted by Gasteiger charge is -2.19. The third kappa shape index (κ3) is 3.07. The molecule has 3 rings (SSSR count). The van der Waals surface area contributed by atoms with E-state index in [1.165, 1.54) is 37.3 Å². The maximum absolute atomic E-state index is 12.7. The molecule has 0 aromatic heterocycles. The number of ketones is 2.